The first-order valence-corrected chi connectivity index (χ1v) is 13.6. The van der Waals surface area contributed by atoms with Crippen molar-refractivity contribution in [2.45, 2.75) is 63.1 Å². The van der Waals surface area contributed by atoms with Gasteiger partial charge in [0.25, 0.3) is 0 Å². The van der Waals surface area contributed by atoms with Gasteiger partial charge in [0.1, 0.15) is 16.5 Å². The molecule has 8 nitrogen and oxygen atoms in total. The van der Waals surface area contributed by atoms with Crippen LogP contribution in [-0.4, -0.2) is 76.2 Å². The molecule has 0 unspecified atom stereocenters. The molecule has 0 spiro atoms. The fourth-order valence-corrected chi connectivity index (χ4v) is 6.39. The van der Waals surface area contributed by atoms with Crippen molar-refractivity contribution in [1.29, 1.82) is 0 Å². The Labute approximate surface area is 204 Å². The number of ether oxygens (including phenoxy) is 2. The van der Waals surface area contributed by atoms with Crippen LogP contribution >= 0.6 is 11.3 Å². The van der Waals surface area contributed by atoms with Crippen LogP contribution in [0.3, 0.4) is 0 Å². The zero-order valence-corrected chi connectivity index (χ0v) is 20.5. The number of aromatic nitrogens is 4. The van der Waals surface area contributed by atoms with E-state index < -0.39 is 0 Å². The molecule has 0 bridgehead atoms. The minimum atomic E-state index is 0.438. The molecule has 2 aliphatic heterocycles. The molecule has 0 amide bonds. The molecule has 1 aliphatic carbocycles. The van der Waals surface area contributed by atoms with E-state index in [2.05, 4.69) is 37.6 Å². The molecule has 1 N–H and O–H groups in total. The number of nitrogens with one attached hydrogen (secondary N) is 1. The number of morpholine rings is 1. The summed E-state index contributed by atoms with van der Waals surface area (Å²) in [4.78, 5) is 13.6. The number of rotatable bonds is 6. The largest absolute Gasteiger partial charge is 0.381 e. The van der Waals surface area contributed by atoms with Crippen LogP contribution in [0.15, 0.2) is 23.8 Å². The second-order valence-corrected chi connectivity index (χ2v) is 10.7. The Hall–Kier alpha value is -2.07. The van der Waals surface area contributed by atoms with E-state index >= 15 is 0 Å². The van der Waals surface area contributed by atoms with E-state index in [1.165, 1.54) is 31.2 Å². The van der Waals surface area contributed by atoms with Gasteiger partial charge in [-0.3, -0.25) is 9.58 Å². The molecule has 182 valence electrons. The molecule has 9 heteroatoms. The van der Waals surface area contributed by atoms with E-state index in [-0.39, 0.29) is 0 Å². The van der Waals surface area contributed by atoms with Gasteiger partial charge in [0, 0.05) is 51.0 Å². The summed E-state index contributed by atoms with van der Waals surface area (Å²) in [7, 11) is 0. The lowest BCUT2D eigenvalue weighted by atomic mass is 9.90. The van der Waals surface area contributed by atoms with Gasteiger partial charge >= 0.3 is 0 Å². The van der Waals surface area contributed by atoms with Crippen molar-refractivity contribution in [3.8, 4) is 0 Å². The van der Waals surface area contributed by atoms with Gasteiger partial charge < -0.3 is 14.8 Å². The van der Waals surface area contributed by atoms with E-state index in [0.717, 1.165) is 74.2 Å². The van der Waals surface area contributed by atoms with Crippen LogP contribution in [0.5, 0.6) is 0 Å². The highest BCUT2D eigenvalue weighted by Gasteiger charge is 2.27. The molecular formula is C25H34N6O2S. The predicted octanol–water partition coefficient (Wildman–Crippen LogP) is 3.89. The number of hydrogen-bond acceptors (Lipinski definition) is 8. The van der Waals surface area contributed by atoms with Crippen LogP contribution in [0.25, 0.3) is 10.2 Å². The first-order chi connectivity index (χ1) is 16.8. The normalized spacial score (nSPS) is 25.1. The maximum Gasteiger partial charge on any atom is 0.138 e. The van der Waals surface area contributed by atoms with Gasteiger partial charge in [0.05, 0.1) is 30.8 Å². The van der Waals surface area contributed by atoms with Crippen molar-refractivity contribution in [1.82, 2.24) is 24.6 Å². The molecule has 3 aromatic rings. The van der Waals surface area contributed by atoms with Gasteiger partial charge in [-0.15, -0.1) is 11.3 Å². The Kier molecular flexibility index (Phi) is 6.77. The highest BCUT2D eigenvalue weighted by molar-refractivity contribution is 7.16. The standard InChI is InChI=1S/C25H34N6O2S/c1-3-20(30-8-12-33-13-9-30)4-2-19(1)27-24-22-7-14-34-25(22)29-23(28-24)15-18-16-26-31(17-18)21-5-10-32-11-6-21/h7,14,16-17,19-21H,1-6,8-13,15H2,(H,27,28,29). The Morgan fingerprint density at radius 1 is 0.941 bits per heavy atom. The average molecular weight is 483 g/mol. The fraction of sp³-hybridized carbons (Fsp3) is 0.640. The Bertz CT molecular complexity index is 1080. The Morgan fingerprint density at radius 2 is 1.74 bits per heavy atom. The van der Waals surface area contributed by atoms with Crippen molar-refractivity contribution in [3.63, 3.8) is 0 Å². The summed E-state index contributed by atoms with van der Waals surface area (Å²) in [6, 6.07) is 3.76. The maximum absolute atomic E-state index is 5.53. The number of hydrogen-bond donors (Lipinski definition) is 1. The summed E-state index contributed by atoms with van der Waals surface area (Å²) in [5, 5.41) is 11.7. The first-order valence-electron chi connectivity index (χ1n) is 12.7. The zero-order valence-electron chi connectivity index (χ0n) is 19.7. The minimum absolute atomic E-state index is 0.438. The number of anilines is 1. The molecule has 0 radical (unpaired) electrons. The van der Waals surface area contributed by atoms with Crippen molar-refractivity contribution in [2.75, 3.05) is 44.8 Å². The maximum atomic E-state index is 5.53. The first kappa shape index (κ1) is 22.4. The lowest BCUT2D eigenvalue weighted by Crippen LogP contribution is -2.46. The molecule has 3 fully saturated rings. The highest BCUT2D eigenvalue weighted by Crippen LogP contribution is 2.30. The fourth-order valence-electron chi connectivity index (χ4n) is 5.61. The molecule has 3 aromatic heterocycles. The molecule has 3 aliphatic rings. The lowest BCUT2D eigenvalue weighted by Gasteiger charge is -2.39. The monoisotopic (exact) mass is 482 g/mol. The highest BCUT2D eigenvalue weighted by atomic mass is 32.1. The molecule has 1 saturated carbocycles. The molecular weight excluding hydrogens is 448 g/mol. The lowest BCUT2D eigenvalue weighted by molar-refractivity contribution is 0.00791. The summed E-state index contributed by atoms with van der Waals surface area (Å²) < 4.78 is 13.1. The van der Waals surface area contributed by atoms with Gasteiger partial charge in [-0.2, -0.15) is 5.10 Å². The Morgan fingerprint density at radius 3 is 2.56 bits per heavy atom. The quantitative estimate of drug-likeness (QED) is 0.571. The van der Waals surface area contributed by atoms with Crippen LogP contribution < -0.4 is 5.32 Å². The van der Waals surface area contributed by atoms with E-state index in [4.69, 9.17) is 19.4 Å². The van der Waals surface area contributed by atoms with Crippen molar-refractivity contribution >= 4 is 27.4 Å². The summed E-state index contributed by atoms with van der Waals surface area (Å²) >= 11 is 1.69. The van der Waals surface area contributed by atoms with Gasteiger partial charge in [0.2, 0.25) is 0 Å². The summed E-state index contributed by atoms with van der Waals surface area (Å²) in [5.41, 5.74) is 1.17. The van der Waals surface area contributed by atoms with Crippen LogP contribution in [0.2, 0.25) is 0 Å². The molecule has 34 heavy (non-hydrogen) atoms. The second-order valence-electron chi connectivity index (χ2n) is 9.77. The van der Waals surface area contributed by atoms with Gasteiger partial charge in [-0.1, -0.05) is 0 Å². The third kappa shape index (κ3) is 4.98. The van der Waals surface area contributed by atoms with Gasteiger partial charge in [0.15, 0.2) is 0 Å². The summed E-state index contributed by atoms with van der Waals surface area (Å²) in [6.07, 6.45) is 11.8. The molecule has 0 atom stereocenters. The topological polar surface area (TPSA) is 77.3 Å². The van der Waals surface area contributed by atoms with Crippen LogP contribution in [0, 0.1) is 0 Å². The third-order valence-corrected chi connectivity index (χ3v) is 8.36. The number of fused-ring (bicyclic) bond motifs is 1. The molecule has 6 rings (SSSR count). The van der Waals surface area contributed by atoms with E-state index in [1.807, 2.05) is 6.20 Å². The second kappa shape index (κ2) is 10.3. The van der Waals surface area contributed by atoms with E-state index in [9.17, 15) is 0 Å². The van der Waals surface area contributed by atoms with Gasteiger partial charge in [-0.25, -0.2) is 9.97 Å². The predicted molar refractivity (Wildman–Crippen MR) is 134 cm³/mol. The zero-order chi connectivity index (χ0) is 22.7. The molecule has 5 heterocycles. The Balaban J connectivity index is 1.13. The van der Waals surface area contributed by atoms with Gasteiger partial charge in [-0.05, 0) is 55.5 Å². The van der Waals surface area contributed by atoms with E-state index in [1.54, 1.807) is 11.3 Å². The van der Waals surface area contributed by atoms with Crippen LogP contribution in [-0.2, 0) is 15.9 Å². The number of nitrogens with zero attached hydrogens (tertiary/aromatic N) is 5. The smallest absolute Gasteiger partial charge is 0.138 e. The van der Waals surface area contributed by atoms with Crippen molar-refractivity contribution in [3.05, 3.63) is 35.2 Å². The van der Waals surface area contributed by atoms with Crippen molar-refractivity contribution in [2.24, 2.45) is 0 Å². The summed E-state index contributed by atoms with van der Waals surface area (Å²) in [6.45, 7) is 5.57. The molecule has 2 saturated heterocycles. The molecule has 0 aromatic carbocycles. The third-order valence-electron chi connectivity index (χ3n) is 7.55. The average Bonchev–Trinajstić information content (AvgIpc) is 3.56. The minimum Gasteiger partial charge on any atom is -0.381 e. The van der Waals surface area contributed by atoms with E-state index in [0.29, 0.717) is 24.5 Å². The van der Waals surface area contributed by atoms with Crippen LogP contribution in [0.4, 0.5) is 5.82 Å². The van der Waals surface area contributed by atoms with Crippen LogP contribution in [0.1, 0.15) is 56.0 Å². The number of thiophene rings is 1. The van der Waals surface area contributed by atoms with Crippen molar-refractivity contribution < 1.29 is 9.47 Å². The summed E-state index contributed by atoms with van der Waals surface area (Å²) in [5.74, 6) is 1.86. The SMILES string of the molecule is c1cc2c(NC3CCC(N4CCOCC4)CC3)nc(Cc3cnn(C4CCOCC4)c3)nc2s1.